The zero-order valence-electron chi connectivity index (χ0n) is 11.1. The molecule has 2 aromatic rings. The molecule has 0 amide bonds. The smallest absolute Gasteiger partial charge is 0.127 e. The van der Waals surface area contributed by atoms with Crippen LogP contribution >= 0.6 is 0 Å². The van der Waals surface area contributed by atoms with Crippen LogP contribution in [0.1, 0.15) is 29.7 Å². The molecule has 0 bridgehead atoms. The average molecular weight is 270 g/mol. The Kier molecular flexibility index (Phi) is 4.34. The third-order valence-electron chi connectivity index (χ3n) is 2.92. The molecule has 2 N–H and O–H groups in total. The summed E-state index contributed by atoms with van der Waals surface area (Å²) in [6, 6.07) is 13.2. The van der Waals surface area contributed by atoms with Crippen molar-refractivity contribution in [1.29, 1.82) is 5.26 Å². The van der Waals surface area contributed by atoms with Crippen molar-refractivity contribution in [2.75, 3.05) is 0 Å². The molecule has 0 unspecified atom stereocenters. The molecule has 3 nitrogen and oxygen atoms in total. The predicted molar refractivity (Wildman–Crippen MR) is 74.5 cm³/mol. The second-order valence-corrected chi connectivity index (χ2v) is 4.57. The fourth-order valence-electron chi connectivity index (χ4n) is 1.90. The molecule has 0 radical (unpaired) electrons. The first-order valence-corrected chi connectivity index (χ1v) is 6.27. The van der Waals surface area contributed by atoms with Gasteiger partial charge >= 0.3 is 0 Å². The van der Waals surface area contributed by atoms with E-state index in [0.717, 1.165) is 11.1 Å². The number of hydrogen-bond acceptors (Lipinski definition) is 3. The Hall–Kier alpha value is -2.38. The van der Waals surface area contributed by atoms with Gasteiger partial charge in [0.1, 0.15) is 18.2 Å². The van der Waals surface area contributed by atoms with Gasteiger partial charge in [0.2, 0.25) is 0 Å². The third kappa shape index (κ3) is 3.34. The Balaban J connectivity index is 2.18. The molecular formula is C16H15FN2O. The Morgan fingerprint density at radius 2 is 2.10 bits per heavy atom. The van der Waals surface area contributed by atoms with Gasteiger partial charge in [0.15, 0.2) is 0 Å². The molecule has 0 heterocycles. The first kappa shape index (κ1) is 14.0. The van der Waals surface area contributed by atoms with Crippen molar-refractivity contribution < 1.29 is 9.13 Å². The van der Waals surface area contributed by atoms with Gasteiger partial charge in [0, 0.05) is 17.7 Å². The molecule has 2 aromatic carbocycles. The number of nitrogens with zero attached hydrogens (tertiary/aromatic N) is 1. The van der Waals surface area contributed by atoms with Gasteiger partial charge in [-0.3, -0.25) is 0 Å². The van der Waals surface area contributed by atoms with Gasteiger partial charge in [-0.2, -0.15) is 5.26 Å². The van der Waals surface area contributed by atoms with Crippen molar-refractivity contribution in [2.24, 2.45) is 5.73 Å². The maximum Gasteiger partial charge on any atom is 0.127 e. The number of hydrogen-bond donors (Lipinski definition) is 1. The van der Waals surface area contributed by atoms with Crippen molar-refractivity contribution >= 4 is 0 Å². The highest BCUT2D eigenvalue weighted by Gasteiger charge is 2.09. The zero-order valence-corrected chi connectivity index (χ0v) is 11.1. The van der Waals surface area contributed by atoms with Crippen LogP contribution in [0, 0.1) is 17.1 Å². The van der Waals surface area contributed by atoms with Crippen molar-refractivity contribution in [3.63, 3.8) is 0 Å². The number of halogens is 1. The number of benzene rings is 2. The van der Waals surface area contributed by atoms with E-state index < -0.39 is 0 Å². The van der Waals surface area contributed by atoms with Crippen molar-refractivity contribution in [1.82, 2.24) is 0 Å². The van der Waals surface area contributed by atoms with Gasteiger partial charge in [-0.25, -0.2) is 4.39 Å². The van der Waals surface area contributed by atoms with E-state index in [0.29, 0.717) is 11.3 Å². The van der Waals surface area contributed by atoms with Crippen LogP contribution in [0.15, 0.2) is 42.5 Å². The van der Waals surface area contributed by atoms with Gasteiger partial charge in [-0.1, -0.05) is 18.2 Å². The lowest BCUT2D eigenvalue weighted by atomic mass is 10.1. The van der Waals surface area contributed by atoms with Crippen LogP contribution in [0.3, 0.4) is 0 Å². The van der Waals surface area contributed by atoms with Crippen molar-refractivity contribution in [2.45, 2.75) is 19.6 Å². The zero-order chi connectivity index (χ0) is 14.5. The van der Waals surface area contributed by atoms with Crippen molar-refractivity contribution in [3.05, 3.63) is 65.0 Å². The molecule has 0 saturated heterocycles. The standard InChI is InChI=1S/C16H15FN2O/c1-11(19)15-6-5-14(17)8-16(15)20-10-13-4-2-3-12(7-13)9-18/h2-8,11H,10,19H2,1H3/t11-/m0/s1. The molecule has 102 valence electrons. The highest BCUT2D eigenvalue weighted by Crippen LogP contribution is 2.25. The lowest BCUT2D eigenvalue weighted by Crippen LogP contribution is -2.08. The second-order valence-electron chi connectivity index (χ2n) is 4.57. The molecule has 0 aromatic heterocycles. The molecule has 0 aliphatic carbocycles. The molecule has 0 fully saturated rings. The number of ether oxygens (including phenoxy) is 1. The van der Waals surface area contributed by atoms with Crippen LogP contribution in [-0.2, 0) is 6.61 Å². The monoisotopic (exact) mass is 270 g/mol. The van der Waals surface area contributed by atoms with E-state index in [4.69, 9.17) is 15.7 Å². The first-order valence-electron chi connectivity index (χ1n) is 6.27. The predicted octanol–water partition coefficient (Wildman–Crippen LogP) is 3.30. The summed E-state index contributed by atoms with van der Waals surface area (Å²) in [4.78, 5) is 0. The summed E-state index contributed by atoms with van der Waals surface area (Å²) in [5.74, 6) is 0.0672. The molecule has 1 atom stereocenters. The average Bonchev–Trinajstić information content (AvgIpc) is 2.45. The molecule has 0 saturated carbocycles. The van der Waals surface area contributed by atoms with Crippen LogP contribution in [-0.4, -0.2) is 0 Å². The summed E-state index contributed by atoms with van der Waals surface area (Å²) < 4.78 is 18.9. The van der Waals surface area contributed by atoms with Gasteiger partial charge in [-0.15, -0.1) is 0 Å². The third-order valence-corrected chi connectivity index (χ3v) is 2.92. The first-order chi connectivity index (χ1) is 9.60. The normalized spacial score (nSPS) is 11.7. The topological polar surface area (TPSA) is 59.0 Å². The minimum Gasteiger partial charge on any atom is -0.488 e. The highest BCUT2D eigenvalue weighted by molar-refractivity contribution is 5.37. The molecular weight excluding hydrogens is 255 g/mol. The van der Waals surface area contributed by atoms with Crippen LogP contribution in [0.4, 0.5) is 4.39 Å². The fraction of sp³-hybridized carbons (Fsp3) is 0.188. The van der Waals surface area contributed by atoms with E-state index in [-0.39, 0.29) is 18.5 Å². The summed E-state index contributed by atoms with van der Waals surface area (Å²) >= 11 is 0. The summed E-state index contributed by atoms with van der Waals surface area (Å²) in [5.41, 5.74) is 8.00. The van der Waals surface area contributed by atoms with E-state index >= 15 is 0 Å². The molecule has 4 heteroatoms. The molecule has 2 rings (SSSR count). The second kappa shape index (κ2) is 6.18. The summed E-state index contributed by atoms with van der Waals surface area (Å²) in [6.07, 6.45) is 0. The number of nitriles is 1. The molecule has 0 aliphatic heterocycles. The lowest BCUT2D eigenvalue weighted by Gasteiger charge is -2.14. The maximum absolute atomic E-state index is 13.3. The highest BCUT2D eigenvalue weighted by atomic mass is 19.1. The van der Waals surface area contributed by atoms with E-state index in [1.165, 1.54) is 12.1 Å². The SMILES string of the molecule is C[C@H](N)c1ccc(F)cc1OCc1cccc(C#N)c1. The molecule has 0 aliphatic rings. The van der Waals surface area contributed by atoms with Crippen LogP contribution < -0.4 is 10.5 Å². The van der Waals surface area contributed by atoms with Crippen LogP contribution in [0.5, 0.6) is 5.75 Å². The van der Waals surface area contributed by atoms with Gasteiger partial charge in [-0.05, 0) is 30.7 Å². The Morgan fingerprint density at radius 1 is 1.30 bits per heavy atom. The van der Waals surface area contributed by atoms with Crippen molar-refractivity contribution in [3.8, 4) is 11.8 Å². The Morgan fingerprint density at radius 3 is 2.80 bits per heavy atom. The molecule has 20 heavy (non-hydrogen) atoms. The Labute approximate surface area is 117 Å². The largest absolute Gasteiger partial charge is 0.488 e. The van der Waals surface area contributed by atoms with E-state index in [2.05, 4.69) is 6.07 Å². The van der Waals surface area contributed by atoms with Gasteiger partial charge in [0.25, 0.3) is 0 Å². The minimum absolute atomic E-state index is 0.240. The van der Waals surface area contributed by atoms with E-state index in [1.54, 1.807) is 24.3 Å². The number of nitrogens with two attached hydrogens (primary N) is 1. The van der Waals surface area contributed by atoms with Gasteiger partial charge < -0.3 is 10.5 Å². The summed E-state index contributed by atoms with van der Waals surface area (Å²) in [6.45, 7) is 2.08. The summed E-state index contributed by atoms with van der Waals surface area (Å²) in [7, 11) is 0. The van der Waals surface area contributed by atoms with E-state index in [1.807, 2.05) is 13.0 Å². The summed E-state index contributed by atoms with van der Waals surface area (Å²) in [5, 5.41) is 8.84. The molecule has 0 spiro atoms. The maximum atomic E-state index is 13.3. The fourth-order valence-corrected chi connectivity index (χ4v) is 1.90. The van der Waals surface area contributed by atoms with Crippen LogP contribution in [0.2, 0.25) is 0 Å². The quantitative estimate of drug-likeness (QED) is 0.927. The van der Waals surface area contributed by atoms with E-state index in [9.17, 15) is 4.39 Å². The minimum atomic E-state index is -0.366. The van der Waals surface area contributed by atoms with Crippen LogP contribution in [0.25, 0.3) is 0 Å². The van der Waals surface area contributed by atoms with Gasteiger partial charge in [0.05, 0.1) is 11.6 Å². The Bertz CT molecular complexity index is 647. The lowest BCUT2D eigenvalue weighted by molar-refractivity contribution is 0.300. The number of rotatable bonds is 4.